The molecule has 6 nitrogen and oxygen atoms in total. The largest absolute Gasteiger partial charge is 0.508 e. The summed E-state index contributed by atoms with van der Waals surface area (Å²) < 4.78 is 1.43. The highest BCUT2D eigenvalue weighted by atomic mass is 79.9. The van der Waals surface area contributed by atoms with Gasteiger partial charge in [-0.15, -0.1) is 0 Å². The third-order valence-corrected chi connectivity index (χ3v) is 4.31. The molecule has 2 aromatic rings. The van der Waals surface area contributed by atoms with E-state index in [1.807, 2.05) is 0 Å². The first-order valence-electron chi connectivity index (χ1n) is 6.59. The van der Waals surface area contributed by atoms with E-state index in [4.69, 9.17) is 11.6 Å². The Labute approximate surface area is 159 Å². The Morgan fingerprint density at radius 2 is 1.88 bits per heavy atom. The van der Waals surface area contributed by atoms with Gasteiger partial charge >= 0.3 is 0 Å². The molecule has 0 spiro atoms. The highest BCUT2D eigenvalue weighted by molar-refractivity contribution is 9.11. The number of phenols is 2. The predicted octanol–water partition coefficient (Wildman–Crippen LogP) is 3.84. The van der Waals surface area contributed by atoms with Crippen LogP contribution in [0.2, 0.25) is 5.02 Å². The molecule has 0 bridgehead atoms. The van der Waals surface area contributed by atoms with Crippen molar-refractivity contribution in [2.75, 3.05) is 11.9 Å². The first kappa shape index (κ1) is 18.6. The number of amides is 1. The summed E-state index contributed by atoms with van der Waals surface area (Å²) in [6, 6.07) is 7.47. The van der Waals surface area contributed by atoms with Crippen molar-refractivity contribution in [3.63, 3.8) is 0 Å². The fourth-order valence-electron chi connectivity index (χ4n) is 1.73. The van der Waals surface area contributed by atoms with Crippen LogP contribution in [0.1, 0.15) is 5.56 Å². The van der Waals surface area contributed by atoms with Gasteiger partial charge in [-0.25, -0.2) is 5.43 Å². The molecule has 0 aliphatic heterocycles. The average molecular weight is 478 g/mol. The zero-order valence-electron chi connectivity index (χ0n) is 12.1. The first-order valence-corrected chi connectivity index (χ1v) is 8.55. The van der Waals surface area contributed by atoms with Gasteiger partial charge in [0.15, 0.2) is 0 Å². The SMILES string of the molecule is O=C(CNc1c(Br)cc(Cl)cc1Br)N/N=C\c1ccc(O)cc1O. The molecule has 0 aliphatic carbocycles. The Morgan fingerprint density at radius 3 is 2.50 bits per heavy atom. The molecule has 1 amide bonds. The van der Waals surface area contributed by atoms with Crippen molar-refractivity contribution in [3.8, 4) is 11.5 Å². The van der Waals surface area contributed by atoms with E-state index in [0.29, 0.717) is 25.2 Å². The minimum atomic E-state index is -0.377. The number of nitrogens with one attached hydrogen (secondary N) is 2. The Hall–Kier alpha value is -1.77. The quantitative estimate of drug-likeness (QED) is 0.389. The molecule has 0 heterocycles. The lowest BCUT2D eigenvalue weighted by atomic mass is 10.2. The van der Waals surface area contributed by atoms with Gasteiger partial charge in [0.25, 0.3) is 5.91 Å². The normalized spacial score (nSPS) is 10.8. The van der Waals surface area contributed by atoms with Crippen LogP contribution in [0, 0.1) is 0 Å². The summed E-state index contributed by atoms with van der Waals surface area (Å²) in [5, 5.41) is 26.1. The van der Waals surface area contributed by atoms with Gasteiger partial charge in [0.2, 0.25) is 0 Å². The fourth-order valence-corrected chi connectivity index (χ4v) is 3.68. The molecule has 0 unspecified atom stereocenters. The summed E-state index contributed by atoms with van der Waals surface area (Å²) in [5.41, 5.74) is 3.39. The summed E-state index contributed by atoms with van der Waals surface area (Å²) in [7, 11) is 0. The maximum atomic E-state index is 11.8. The van der Waals surface area contributed by atoms with Gasteiger partial charge in [-0.1, -0.05) is 11.6 Å². The minimum absolute atomic E-state index is 0.0161. The van der Waals surface area contributed by atoms with Crippen molar-refractivity contribution in [2.45, 2.75) is 0 Å². The Bertz CT molecular complexity index is 777. The van der Waals surface area contributed by atoms with Crippen LogP contribution in [0.15, 0.2) is 44.4 Å². The minimum Gasteiger partial charge on any atom is -0.508 e. The number of carbonyl (C=O) groups is 1. The lowest BCUT2D eigenvalue weighted by molar-refractivity contribution is -0.119. The number of halogens is 3. The molecule has 2 rings (SSSR count). The number of benzene rings is 2. The molecule has 0 atom stereocenters. The second-order valence-corrected chi connectivity index (χ2v) is 6.78. The maximum Gasteiger partial charge on any atom is 0.259 e. The zero-order valence-corrected chi connectivity index (χ0v) is 16.0. The van der Waals surface area contributed by atoms with Crippen molar-refractivity contribution in [1.29, 1.82) is 0 Å². The number of hydrogen-bond acceptors (Lipinski definition) is 5. The topological polar surface area (TPSA) is 94.0 Å². The summed E-state index contributed by atoms with van der Waals surface area (Å²) in [4.78, 5) is 11.8. The van der Waals surface area contributed by atoms with E-state index in [-0.39, 0.29) is 24.0 Å². The van der Waals surface area contributed by atoms with Gasteiger partial charge in [0, 0.05) is 25.6 Å². The standard InChI is InChI=1S/C15H12Br2ClN3O3/c16-11-3-9(18)4-12(17)15(11)19-7-14(24)21-20-6-8-1-2-10(22)5-13(8)23/h1-6,19,22-23H,7H2,(H,21,24)/b20-6-. The summed E-state index contributed by atoms with van der Waals surface area (Å²) in [6.07, 6.45) is 1.28. The van der Waals surface area contributed by atoms with Crippen LogP contribution in [0.4, 0.5) is 5.69 Å². The van der Waals surface area contributed by atoms with Crippen LogP contribution in [0.5, 0.6) is 11.5 Å². The van der Waals surface area contributed by atoms with Crippen LogP contribution in [-0.2, 0) is 4.79 Å². The van der Waals surface area contributed by atoms with E-state index in [1.165, 1.54) is 24.4 Å². The molecule has 0 saturated heterocycles. The van der Waals surface area contributed by atoms with E-state index in [0.717, 1.165) is 0 Å². The van der Waals surface area contributed by atoms with Crippen LogP contribution in [0.3, 0.4) is 0 Å². The van der Waals surface area contributed by atoms with E-state index < -0.39 is 0 Å². The van der Waals surface area contributed by atoms with Crippen molar-refractivity contribution < 1.29 is 15.0 Å². The molecular formula is C15H12Br2ClN3O3. The number of hydrogen-bond donors (Lipinski definition) is 4. The van der Waals surface area contributed by atoms with Crippen molar-refractivity contribution in [1.82, 2.24) is 5.43 Å². The number of hydrazone groups is 1. The van der Waals surface area contributed by atoms with E-state index in [2.05, 4.69) is 47.7 Å². The van der Waals surface area contributed by atoms with Crippen LogP contribution >= 0.6 is 43.5 Å². The Kier molecular flexibility index (Phi) is 6.47. The fraction of sp³-hybridized carbons (Fsp3) is 0.0667. The van der Waals surface area contributed by atoms with Gasteiger partial charge in [-0.2, -0.15) is 5.10 Å². The van der Waals surface area contributed by atoms with Crippen LogP contribution in [0.25, 0.3) is 0 Å². The molecule has 4 N–H and O–H groups in total. The molecule has 0 aromatic heterocycles. The highest BCUT2D eigenvalue weighted by Gasteiger charge is 2.08. The second-order valence-electron chi connectivity index (χ2n) is 4.63. The molecule has 9 heteroatoms. The van der Waals surface area contributed by atoms with Crippen LogP contribution in [-0.4, -0.2) is 28.9 Å². The van der Waals surface area contributed by atoms with E-state index in [1.54, 1.807) is 12.1 Å². The zero-order chi connectivity index (χ0) is 17.7. The van der Waals surface area contributed by atoms with Gasteiger partial charge in [0.1, 0.15) is 11.5 Å². The Morgan fingerprint density at radius 1 is 1.21 bits per heavy atom. The van der Waals surface area contributed by atoms with Crippen LogP contribution < -0.4 is 10.7 Å². The van der Waals surface area contributed by atoms with Crippen molar-refractivity contribution in [2.24, 2.45) is 5.10 Å². The average Bonchev–Trinajstić information content (AvgIpc) is 2.48. The number of nitrogens with zero attached hydrogens (tertiary/aromatic N) is 1. The van der Waals surface area contributed by atoms with Gasteiger partial charge in [-0.3, -0.25) is 4.79 Å². The molecule has 2 aromatic carbocycles. The lowest BCUT2D eigenvalue weighted by Gasteiger charge is -2.10. The molecule has 0 fully saturated rings. The lowest BCUT2D eigenvalue weighted by Crippen LogP contribution is -2.26. The first-order chi connectivity index (χ1) is 11.4. The maximum absolute atomic E-state index is 11.8. The number of phenolic OH excluding ortho intramolecular Hbond substituents is 2. The molecule has 126 valence electrons. The van der Waals surface area contributed by atoms with Crippen molar-refractivity contribution in [3.05, 3.63) is 49.9 Å². The van der Waals surface area contributed by atoms with Gasteiger partial charge in [0.05, 0.1) is 18.4 Å². The summed E-state index contributed by atoms with van der Waals surface area (Å²) >= 11 is 12.6. The number of anilines is 1. The Balaban J connectivity index is 1.91. The van der Waals surface area contributed by atoms with E-state index in [9.17, 15) is 15.0 Å². The molecule has 0 radical (unpaired) electrons. The number of aromatic hydroxyl groups is 2. The number of carbonyl (C=O) groups excluding carboxylic acids is 1. The van der Waals surface area contributed by atoms with E-state index >= 15 is 0 Å². The number of rotatable bonds is 5. The van der Waals surface area contributed by atoms with Gasteiger partial charge in [-0.05, 0) is 56.1 Å². The van der Waals surface area contributed by atoms with Crippen molar-refractivity contribution >= 4 is 61.3 Å². The van der Waals surface area contributed by atoms with Gasteiger partial charge < -0.3 is 15.5 Å². The second kappa shape index (κ2) is 8.36. The molecule has 0 saturated carbocycles. The summed E-state index contributed by atoms with van der Waals surface area (Å²) in [5.74, 6) is -0.574. The molecular weight excluding hydrogens is 465 g/mol. The predicted molar refractivity (Wildman–Crippen MR) is 101 cm³/mol. The summed E-state index contributed by atoms with van der Waals surface area (Å²) in [6.45, 7) is -0.0161. The third kappa shape index (κ3) is 5.12. The molecule has 0 aliphatic rings. The third-order valence-electron chi connectivity index (χ3n) is 2.84. The highest BCUT2D eigenvalue weighted by Crippen LogP contribution is 2.33. The monoisotopic (exact) mass is 475 g/mol. The smallest absolute Gasteiger partial charge is 0.259 e. The molecule has 24 heavy (non-hydrogen) atoms.